The number of thioether (sulfide) groups is 1. The molecule has 0 aromatic heterocycles. The highest BCUT2D eigenvalue weighted by Gasteiger charge is 2.25. The van der Waals surface area contributed by atoms with Gasteiger partial charge in [0.25, 0.3) is 0 Å². The lowest BCUT2D eigenvalue weighted by Gasteiger charge is -2.29. The summed E-state index contributed by atoms with van der Waals surface area (Å²) in [5.41, 5.74) is 0.988. The van der Waals surface area contributed by atoms with E-state index in [1.807, 2.05) is 62.4 Å². The normalized spacial score (nSPS) is 11.9. The molecule has 0 radical (unpaired) electrons. The number of amides is 2. The molecule has 0 bridgehead atoms. The Kier molecular flexibility index (Phi) is 10.9. The van der Waals surface area contributed by atoms with Crippen molar-refractivity contribution in [3.63, 3.8) is 0 Å². The number of carbonyl (C=O) groups is 2. The molecule has 0 aliphatic carbocycles. The Balaban J connectivity index is 1.98. The first-order chi connectivity index (χ1) is 14.8. The van der Waals surface area contributed by atoms with Gasteiger partial charge in [-0.2, -0.15) is 0 Å². The van der Waals surface area contributed by atoms with Gasteiger partial charge in [-0.3, -0.25) is 9.59 Å². The second kappa shape index (κ2) is 13.1. The molecule has 2 rings (SSSR count). The maximum Gasteiger partial charge on any atom is 0.242 e. The number of hydrogen-bond donors (Lipinski definition) is 1. The van der Waals surface area contributed by atoms with Crippen molar-refractivity contribution in [2.24, 2.45) is 5.92 Å². The summed E-state index contributed by atoms with van der Waals surface area (Å²) in [4.78, 5) is 28.6. The lowest BCUT2D eigenvalue weighted by Crippen LogP contribution is -2.48. The van der Waals surface area contributed by atoms with Crippen molar-refractivity contribution in [1.29, 1.82) is 0 Å². The van der Waals surface area contributed by atoms with E-state index in [-0.39, 0.29) is 11.8 Å². The zero-order chi connectivity index (χ0) is 22.8. The molecule has 4 nitrogen and oxygen atoms in total. The van der Waals surface area contributed by atoms with Crippen molar-refractivity contribution >= 4 is 51.1 Å². The molecule has 0 fully saturated rings. The maximum atomic E-state index is 13.1. The number of nitrogens with one attached hydrogen (secondary N) is 1. The third-order valence-corrected chi connectivity index (χ3v) is 6.55. The molecule has 168 valence electrons. The minimum atomic E-state index is -0.533. The molecule has 0 saturated carbocycles. The third kappa shape index (κ3) is 9.26. The zero-order valence-electron chi connectivity index (χ0n) is 18.2. The highest BCUT2D eigenvalue weighted by Crippen LogP contribution is 2.22. The predicted molar refractivity (Wildman–Crippen MR) is 133 cm³/mol. The molecule has 2 aromatic carbocycles. The fraction of sp³-hybridized carbons (Fsp3) is 0.417. The van der Waals surface area contributed by atoms with Crippen LogP contribution in [-0.4, -0.2) is 35.1 Å². The SMILES string of the molecule is CC(C)CNC(=O)[C@@H](C)N(Cc1cccc(Br)c1)C(=O)CCCSc1ccc(Cl)cc1. The van der Waals surface area contributed by atoms with Gasteiger partial charge in [0.2, 0.25) is 11.8 Å². The summed E-state index contributed by atoms with van der Waals surface area (Å²) in [5, 5.41) is 3.67. The molecule has 1 atom stereocenters. The molecule has 2 aromatic rings. The van der Waals surface area contributed by atoms with Gasteiger partial charge in [-0.15, -0.1) is 11.8 Å². The smallest absolute Gasteiger partial charge is 0.242 e. The van der Waals surface area contributed by atoms with E-state index in [4.69, 9.17) is 11.6 Å². The summed E-state index contributed by atoms with van der Waals surface area (Å²) in [6, 6.07) is 15.0. The van der Waals surface area contributed by atoms with E-state index in [0.29, 0.717) is 30.5 Å². The minimum absolute atomic E-state index is 0.0103. The van der Waals surface area contributed by atoms with Crippen LogP contribution in [0.1, 0.15) is 39.2 Å². The molecule has 31 heavy (non-hydrogen) atoms. The zero-order valence-corrected chi connectivity index (χ0v) is 21.4. The summed E-state index contributed by atoms with van der Waals surface area (Å²) in [6.07, 6.45) is 1.14. The lowest BCUT2D eigenvalue weighted by molar-refractivity contribution is -0.140. The van der Waals surface area contributed by atoms with Crippen LogP contribution >= 0.6 is 39.3 Å². The van der Waals surface area contributed by atoms with Crippen LogP contribution in [0.3, 0.4) is 0 Å². The van der Waals surface area contributed by atoms with Crippen molar-refractivity contribution in [3.05, 3.63) is 63.6 Å². The highest BCUT2D eigenvalue weighted by atomic mass is 79.9. The second-order valence-electron chi connectivity index (χ2n) is 7.87. The Hall–Kier alpha value is -1.50. The Labute approximate surface area is 203 Å². The van der Waals surface area contributed by atoms with E-state index in [2.05, 4.69) is 21.2 Å². The fourth-order valence-corrected chi connectivity index (χ4v) is 4.38. The summed E-state index contributed by atoms with van der Waals surface area (Å²) < 4.78 is 0.952. The van der Waals surface area contributed by atoms with Crippen LogP contribution in [-0.2, 0) is 16.1 Å². The topological polar surface area (TPSA) is 49.4 Å². The molecule has 0 saturated heterocycles. The van der Waals surface area contributed by atoms with Crippen molar-refractivity contribution in [2.75, 3.05) is 12.3 Å². The molecular weight excluding hydrogens is 496 g/mol. The number of nitrogens with zero attached hydrogens (tertiary/aromatic N) is 1. The number of rotatable bonds is 11. The van der Waals surface area contributed by atoms with Crippen molar-refractivity contribution < 1.29 is 9.59 Å². The van der Waals surface area contributed by atoms with E-state index in [0.717, 1.165) is 27.1 Å². The number of halogens is 2. The molecule has 2 amide bonds. The monoisotopic (exact) mass is 524 g/mol. The standard InChI is InChI=1S/C24H30BrClN2O2S/c1-17(2)15-27-24(30)18(3)28(16-19-6-4-7-20(25)14-19)23(29)8-5-13-31-22-11-9-21(26)10-12-22/h4,6-7,9-12,14,17-18H,5,8,13,15-16H2,1-3H3,(H,27,30)/t18-/m1/s1. The number of carbonyl (C=O) groups excluding carboxylic acids is 2. The van der Waals surface area contributed by atoms with Crippen molar-refractivity contribution in [1.82, 2.24) is 10.2 Å². The Morgan fingerprint density at radius 2 is 1.84 bits per heavy atom. The van der Waals surface area contributed by atoms with Crippen LogP contribution in [0.4, 0.5) is 0 Å². The van der Waals surface area contributed by atoms with E-state index >= 15 is 0 Å². The van der Waals surface area contributed by atoms with E-state index < -0.39 is 6.04 Å². The third-order valence-electron chi connectivity index (χ3n) is 4.71. The Bertz CT molecular complexity index is 861. The number of hydrogen-bond acceptors (Lipinski definition) is 3. The van der Waals surface area contributed by atoms with E-state index in [9.17, 15) is 9.59 Å². The van der Waals surface area contributed by atoms with E-state index in [1.54, 1.807) is 23.6 Å². The lowest BCUT2D eigenvalue weighted by atomic mass is 10.1. The van der Waals surface area contributed by atoms with Crippen LogP contribution in [0.15, 0.2) is 57.9 Å². The first-order valence-corrected chi connectivity index (χ1v) is 12.6. The van der Waals surface area contributed by atoms with Gasteiger partial charge in [-0.05, 0) is 67.0 Å². The van der Waals surface area contributed by atoms with Gasteiger partial charge in [0.05, 0.1) is 0 Å². The van der Waals surface area contributed by atoms with E-state index in [1.165, 1.54) is 0 Å². The van der Waals surface area contributed by atoms with Crippen molar-refractivity contribution in [2.45, 2.75) is 51.1 Å². The highest BCUT2D eigenvalue weighted by molar-refractivity contribution is 9.10. The molecule has 1 N–H and O–H groups in total. The molecule has 0 spiro atoms. The Morgan fingerprint density at radius 3 is 2.48 bits per heavy atom. The van der Waals surface area contributed by atoms with Gasteiger partial charge in [0.1, 0.15) is 6.04 Å². The van der Waals surface area contributed by atoms with Crippen LogP contribution in [0.5, 0.6) is 0 Å². The first-order valence-electron chi connectivity index (χ1n) is 10.5. The molecule has 0 unspecified atom stereocenters. The van der Waals surface area contributed by atoms with Crippen LogP contribution in [0.2, 0.25) is 5.02 Å². The van der Waals surface area contributed by atoms with Gasteiger partial charge in [0.15, 0.2) is 0 Å². The minimum Gasteiger partial charge on any atom is -0.354 e. The Morgan fingerprint density at radius 1 is 1.13 bits per heavy atom. The van der Waals surface area contributed by atoms with Crippen molar-refractivity contribution in [3.8, 4) is 0 Å². The molecule has 7 heteroatoms. The number of benzene rings is 2. The van der Waals surface area contributed by atoms with Crippen LogP contribution in [0.25, 0.3) is 0 Å². The van der Waals surface area contributed by atoms with Crippen LogP contribution in [0, 0.1) is 5.92 Å². The summed E-state index contributed by atoms with van der Waals surface area (Å²) in [5.74, 6) is 1.05. The summed E-state index contributed by atoms with van der Waals surface area (Å²) >= 11 is 11.1. The molecular formula is C24H30BrClN2O2S. The first kappa shape index (κ1) is 25.8. The average molecular weight is 526 g/mol. The molecule has 0 aliphatic rings. The average Bonchev–Trinajstić information content (AvgIpc) is 2.74. The maximum absolute atomic E-state index is 13.1. The summed E-state index contributed by atoms with van der Waals surface area (Å²) in [6.45, 7) is 6.90. The van der Waals surface area contributed by atoms with Gasteiger partial charge < -0.3 is 10.2 Å². The quantitative estimate of drug-likeness (QED) is 0.282. The molecule has 0 aliphatic heterocycles. The van der Waals surface area contributed by atoms with Crippen LogP contribution < -0.4 is 5.32 Å². The summed E-state index contributed by atoms with van der Waals surface area (Å²) in [7, 11) is 0. The second-order valence-corrected chi connectivity index (χ2v) is 10.4. The predicted octanol–water partition coefficient (Wildman–Crippen LogP) is 6.16. The van der Waals surface area contributed by atoms with Gasteiger partial charge >= 0.3 is 0 Å². The van der Waals surface area contributed by atoms with Gasteiger partial charge in [-0.25, -0.2) is 0 Å². The van der Waals surface area contributed by atoms with Gasteiger partial charge in [-0.1, -0.05) is 53.5 Å². The largest absolute Gasteiger partial charge is 0.354 e. The van der Waals surface area contributed by atoms with Gasteiger partial charge in [0, 0.05) is 33.9 Å². The molecule has 0 heterocycles. The fourth-order valence-electron chi connectivity index (χ4n) is 2.95.